The zero-order valence-electron chi connectivity index (χ0n) is 11.2. The predicted molar refractivity (Wildman–Crippen MR) is 77.9 cm³/mol. The van der Waals surface area contributed by atoms with E-state index in [1.807, 2.05) is 38.1 Å². The van der Waals surface area contributed by atoms with Crippen molar-refractivity contribution in [3.05, 3.63) is 63.9 Å². The van der Waals surface area contributed by atoms with Gasteiger partial charge in [-0.05, 0) is 49.2 Å². The molecule has 2 aromatic heterocycles. The van der Waals surface area contributed by atoms with Gasteiger partial charge in [-0.2, -0.15) is 0 Å². The topological polar surface area (TPSA) is 55.7 Å². The van der Waals surface area contributed by atoms with Crippen molar-refractivity contribution in [1.29, 1.82) is 0 Å². The lowest BCUT2D eigenvalue weighted by atomic mass is 10.1. The molecule has 0 aliphatic carbocycles. The summed E-state index contributed by atoms with van der Waals surface area (Å²) < 4.78 is 10.4. The summed E-state index contributed by atoms with van der Waals surface area (Å²) in [6, 6.07) is 8.89. The largest absolute Gasteiger partial charge is 0.463 e. The monoisotopic (exact) mass is 267 g/mol. The smallest absolute Gasteiger partial charge is 0.336 e. The minimum atomic E-state index is -0.332. The first-order valence-electron chi connectivity index (χ1n) is 6.26. The highest BCUT2D eigenvalue weighted by atomic mass is 16.4. The van der Waals surface area contributed by atoms with Crippen molar-refractivity contribution in [2.75, 3.05) is 0 Å². The van der Waals surface area contributed by atoms with Gasteiger partial charge < -0.3 is 8.83 Å². The summed E-state index contributed by atoms with van der Waals surface area (Å²) in [5.41, 5.74) is 2.90. The van der Waals surface area contributed by atoms with Gasteiger partial charge in [0, 0.05) is 11.5 Å². The van der Waals surface area contributed by atoms with Crippen LogP contribution in [0.2, 0.25) is 0 Å². The summed E-state index contributed by atoms with van der Waals surface area (Å²) in [5, 5.41) is 0.891. The van der Waals surface area contributed by atoms with Gasteiger partial charge in [-0.15, -0.1) is 0 Å². The highest BCUT2D eigenvalue weighted by molar-refractivity contribution is 5.86. The quantitative estimate of drug-likeness (QED) is 0.524. The third-order valence-corrected chi connectivity index (χ3v) is 3.14. The van der Waals surface area contributed by atoms with E-state index in [9.17, 15) is 4.79 Å². The lowest BCUT2D eigenvalue weighted by Crippen LogP contribution is -1.97. The highest BCUT2D eigenvalue weighted by Crippen LogP contribution is 2.27. The van der Waals surface area contributed by atoms with Gasteiger partial charge in [0.05, 0.1) is 18.2 Å². The molecular formula is C16H13NO3. The number of hydrogen-bond acceptors (Lipinski definition) is 4. The molecule has 0 radical (unpaired) electrons. The van der Waals surface area contributed by atoms with Crippen LogP contribution in [-0.4, -0.2) is 6.21 Å². The van der Waals surface area contributed by atoms with E-state index in [-0.39, 0.29) is 5.63 Å². The van der Waals surface area contributed by atoms with Gasteiger partial charge in [-0.1, -0.05) is 0 Å². The van der Waals surface area contributed by atoms with E-state index in [1.54, 1.807) is 12.5 Å². The molecule has 0 amide bonds. The third-order valence-electron chi connectivity index (χ3n) is 3.14. The van der Waals surface area contributed by atoms with Crippen molar-refractivity contribution in [2.45, 2.75) is 13.8 Å². The second-order valence-corrected chi connectivity index (χ2v) is 4.66. The molecule has 0 bridgehead atoms. The Hall–Kier alpha value is -2.62. The first-order chi connectivity index (χ1) is 9.63. The van der Waals surface area contributed by atoms with Crippen LogP contribution in [0, 0.1) is 13.8 Å². The number of furan rings is 1. The van der Waals surface area contributed by atoms with Crippen molar-refractivity contribution in [3.63, 3.8) is 0 Å². The molecular weight excluding hydrogens is 254 g/mol. The van der Waals surface area contributed by atoms with Crippen LogP contribution in [-0.2, 0) is 0 Å². The fourth-order valence-corrected chi connectivity index (χ4v) is 2.09. The van der Waals surface area contributed by atoms with Crippen LogP contribution < -0.4 is 5.63 Å². The molecule has 0 spiro atoms. The molecule has 4 nitrogen and oxygen atoms in total. The number of rotatable bonds is 2. The average Bonchev–Trinajstić information content (AvgIpc) is 2.89. The summed E-state index contributed by atoms with van der Waals surface area (Å²) in [6.07, 6.45) is 3.27. The molecule has 0 aliphatic heterocycles. The summed E-state index contributed by atoms with van der Waals surface area (Å²) in [7, 11) is 0. The van der Waals surface area contributed by atoms with Crippen molar-refractivity contribution < 1.29 is 8.83 Å². The van der Waals surface area contributed by atoms with Crippen LogP contribution in [0.3, 0.4) is 0 Å². The molecule has 4 heteroatoms. The van der Waals surface area contributed by atoms with Crippen LogP contribution in [0.5, 0.6) is 0 Å². The van der Waals surface area contributed by atoms with Crippen LogP contribution >= 0.6 is 0 Å². The van der Waals surface area contributed by atoms with Crippen LogP contribution in [0.4, 0.5) is 5.69 Å². The van der Waals surface area contributed by atoms with Gasteiger partial charge in [0.2, 0.25) is 0 Å². The number of nitrogens with zero attached hydrogens (tertiary/aromatic N) is 1. The van der Waals surface area contributed by atoms with Gasteiger partial charge >= 0.3 is 5.63 Å². The maximum Gasteiger partial charge on any atom is 0.336 e. The van der Waals surface area contributed by atoms with Gasteiger partial charge in [0.15, 0.2) is 0 Å². The second kappa shape index (κ2) is 4.81. The molecule has 0 unspecified atom stereocenters. The van der Waals surface area contributed by atoms with Gasteiger partial charge in [-0.3, -0.25) is 4.99 Å². The summed E-state index contributed by atoms with van der Waals surface area (Å²) in [4.78, 5) is 15.8. The normalized spacial score (nSPS) is 11.5. The van der Waals surface area contributed by atoms with E-state index in [0.29, 0.717) is 11.3 Å². The molecule has 0 saturated heterocycles. The molecule has 0 fully saturated rings. The molecule has 0 atom stereocenters. The van der Waals surface area contributed by atoms with E-state index in [4.69, 9.17) is 8.83 Å². The van der Waals surface area contributed by atoms with E-state index in [1.165, 1.54) is 6.07 Å². The Labute approximate surface area is 115 Å². The summed E-state index contributed by atoms with van der Waals surface area (Å²) in [6.45, 7) is 3.81. The van der Waals surface area contributed by atoms with Crippen LogP contribution in [0.25, 0.3) is 11.0 Å². The third kappa shape index (κ3) is 2.28. The van der Waals surface area contributed by atoms with E-state index < -0.39 is 0 Å². The lowest BCUT2D eigenvalue weighted by molar-refractivity contribution is 0.559. The van der Waals surface area contributed by atoms with Gasteiger partial charge in [0.25, 0.3) is 0 Å². The van der Waals surface area contributed by atoms with Gasteiger partial charge in [0.1, 0.15) is 11.3 Å². The highest BCUT2D eigenvalue weighted by Gasteiger charge is 2.06. The molecule has 2 heterocycles. The second-order valence-electron chi connectivity index (χ2n) is 4.66. The molecule has 1 aromatic carbocycles. The van der Waals surface area contributed by atoms with Crippen molar-refractivity contribution in [2.24, 2.45) is 4.99 Å². The zero-order chi connectivity index (χ0) is 14.1. The molecule has 100 valence electrons. The fraction of sp³-hybridized carbons (Fsp3) is 0.125. The van der Waals surface area contributed by atoms with E-state index >= 15 is 0 Å². The number of fused-ring (bicyclic) bond motifs is 1. The van der Waals surface area contributed by atoms with Crippen molar-refractivity contribution in [1.82, 2.24) is 0 Å². The van der Waals surface area contributed by atoms with Crippen molar-refractivity contribution in [3.8, 4) is 0 Å². The standard InChI is InChI=1S/C16H13NO3/c1-10-7-16(18)20-15-6-11(2)14(8-13(10)15)17-9-12-4-3-5-19-12/h3-9H,1-2H3. The molecule has 0 aliphatic rings. The summed E-state index contributed by atoms with van der Waals surface area (Å²) >= 11 is 0. The first kappa shape index (κ1) is 12.4. The fourth-order valence-electron chi connectivity index (χ4n) is 2.09. The van der Waals surface area contributed by atoms with E-state index in [2.05, 4.69) is 4.99 Å². The minimum Gasteiger partial charge on any atom is -0.463 e. The Morgan fingerprint density at radius 3 is 2.75 bits per heavy atom. The maximum absolute atomic E-state index is 11.4. The Morgan fingerprint density at radius 2 is 2.00 bits per heavy atom. The Bertz CT molecular complexity index is 842. The Balaban J connectivity index is 2.12. The Kier molecular flexibility index (Phi) is 2.99. The molecule has 0 N–H and O–H groups in total. The van der Waals surface area contributed by atoms with E-state index in [0.717, 1.165) is 22.2 Å². The minimum absolute atomic E-state index is 0.332. The Morgan fingerprint density at radius 1 is 1.15 bits per heavy atom. The average molecular weight is 267 g/mol. The predicted octanol–water partition coefficient (Wildman–Crippen LogP) is 3.75. The van der Waals surface area contributed by atoms with Crippen LogP contribution in [0.15, 0.2) is 55.2 Å². The summed E-state index contributed by atoms with van der Waals surface area (Å²) in [5.74, 6) is 0.695. The SMILES string of the molecule is Cc1cc2oc(=O)cc(C)c2cc1N=Cc1ccco1. The number of aliphatic imine (C=N–C) groups is 1. The number of benzene rings is 1. The molecule has 3 rings (SSSR count). The number of aryl methyl sites for hydroxylation is 2. The van der Waals surface area contributed by atoms with Crippen molar-refractivity contribution >= 4 is 22.9 Å². The van der Waals surface area contributed by atoms with Crippen LogP contribution in [0.1, 0.15) is 16.9 Å². The van der Waals surface area contributed by atoms with Gasteiger partial charge in [-0.25, -0.2) is 4.79 Å². The first-order valence-corrected chi connectivity index (χ1v) is 6.26. The maximum atomic E-state index is 11.4. The molecule has 0 saturated carbocycles. The molecule has 3 aromatic rings. The number of hydrogen-bond donors (Lipinski definition) is 0. The molecule has 20 heavy (non-hydrogen) atoms. The zero-order valence-corrected chi connectivity index (χ0v) is 11.2. The lowest BCUT2D eigenvalue weighted by Gasteiger charge is -2.04.